The third-order valence-electron chi connectivity index (χ3n) is 3.31. The normalized spacial score (nSPS) is 14.5. The first-order valence-corrected chi connectivity index (χ1v) is 6.96. The van der Waals surface area contributed by atoms with Crippen molar-refractivity contribution in [2.45, 2.75) is 33.2 Å². The van der Waals surface area contributed by atoms with E-state index in [-0.39, 0.29) is 0 Å². The molecule has 1 aromatic carbocycles. The van der Waals surface area contributed by atoms with E-state index in [0.29, 0.717) is 12.0 Å². The highest BCUT2D eigenvalue weighted by atomic mass is 35.5. The average Bonchev–Trinajstić information content (AvgIpc) is 2.36. The van der Waals surface area contributed by atoms with Gasteiger partial charge in [-0.05, 0) is 43.0 Å². The van der Waals surface area contributed by atoms with Crippen molar-refractivity contribution < 1.29 is 4.74 Å². The number of halogens is 1. The fraction of sp³-hybridized carbons (Fsp3) is 0.600. The maximum atomic E-state index is 6.09. The van der Waals surface area contributed by atoms with E-state index in [4.69, 9.17) is 16.3 Å². The molecule has 0 aromatic heterocycles. The predicted octanol–water partition coefficient (Wildman–Crippen LogP) is 3.97. The molecule has 0 saturated heterocycles. The van der Waals surface area contributed by atoms with Gasteiger partial charge in [0.1, 0.15) is 0 Å². The molecule has 1 rings (SSSR count). The largest absolute Gasteiger partial charge is 0.385 e. The highest BCUT2D eigenvalue weighted by Gasteiger charge is 2.18. The average molecular weight is 270 g/mol. The van der Waals surface area contributed by atoms with E-state index in [1.807, 2.05) is 6.07 Å². The van der Waals surface area contributed by atoms with E-state index < -0.39 is 0 Å². The topological polar surface area (TPSA) is 21.3 Å². The first kappa shape index (κ1) is 15.5. The minimum Gasteiger partial charge on any atom is -0.385 e. The number of nitrogens with one attached hydrogen (secondary N) is 1. The van der Waals surface area contributed by atoms with Crippen LogP contribution in [0.2, 0.25) is 5.02 Å². The quantitative estimate of drug-likeness (QED) is 0.809. The van der Waals surface area contributed by atoms with Gasteiger partial charge in [-0.25, -0.2) is 0 Å². The molecule has 2 atom stereocenters. The lowest BCUT2D eigenvalue weighted by Gasteiger charge is -2.25. The van der Waals surface area contributed by atoms with Gasteiger partial charge in [-0.3, -0.25) is 0 Å². The summed E-state index contributed by atoms with van der Waals surface area (Å²) in [7, 11) is 1.75. The van der Waals surface area contributed by atoms with Crippen molar-refractivity contribution in [3.63, 3.8) is 0 Å². The van der Waals surface area contributed by atoms with Gasteiger partial charge in [0.25, 0.3) is 0 Å². The molecule has 102 valence electrons. The summed E-state index contributed by atoms with van der Waals surface area (Å²) < 4.78 is 5.17. The van der Waals surface area contributed by atoms with Crippen molar-refractivity contribution in [2.24, 2.45) is 5.92 Å². The second-order valence-electron chi connectivity index (χ2n) is 4.80. The fourth-order valence-electron chi connectivity index (χ4n) is 2.20. The van der Waals surface area contributed by atoms with Gasteiger partial charge in [0.2, 0.25) is 0 Å². The number of benzene rings is 1. The zero-order chi connectivity index (χ0) is 13.5. The molecule has 0 saturated carbocycles. The molecule has 0 fully saturated rings. The van der Waals surface area contributed by atoms with Crippen LogP contribution >= 0.6 is 11.6 Å². The third kappa shape index (κ3) is 4.27. The molecule has 2 nitrogen and oxygen atoms in total. The Morgan fingerprint density at radius 2 is 2.11 bits per heavy atom. The summed E-state index contributed by atoms with van der Waals surface area (Å²) >= 11 is 6.09. The first-order chi connectivity index (χ1) is 8.60. The fourth-order valence-corrected chi connectivity index (χ4v) is 2.32. The van der Waals surface area contributed by atoms with Crippen molar-refractivity contribution >= 4 is 11.6 Å². The van der Waals surface area contributed by atoms with Gasteiger partial charge in [0.05, 0.1) is 0 Å². The van der Waals surface area contributed by atoms with Crippen LogP contribution in [0.3, 0.4) is 0 Å². The molecule has 0 heterocycles. The second-order valence-corrected chi connectivity index (χ2v) is 5.21. The van der Waals surface area contributed by atoms with Gasteiger partial charge >= 0.3 is 0 Å². The first-order valence-electron chi connectivity index (χ1n) is 6.58. The molecule has 0 radical (unpaired) electrons. The minimum atomic E-state index is 0.362. The van der Waals surface area contributed by atoms with Crippen molar-refractivity contribution in [2.75, 3.05) is 20.3 Å². The predicted molar refractivity (Wildman–Crippen MR) is 78.3 cm³/mol. The minimum absolute atomic E-state index is 0.362. The molecular formula is C15H24ClNO. The molecular weight excluding hydrogens is 246 g/mol. The highest BCUT2D eigenvalue weighted by Crippen LogP contribution is 2.27. The van der Waals surface area contributed by atoms with Crippen LogP contribution < -0.4 is 5.32 Å². The SMILES string of the molecule is CCNC(c1ccc(Cl)c(C)c1)C(C)CCOC. The maximum Gasteiger partial charge on any atom is 0.0465 e. The van der Waals surface area contributed by atoms with E-state index >= 15 is 0 Å². The van der Waals surface area contributed by atoms with Crippen LogP contribution in [0.25, 0.3) is 0 Å². The maximum absolute atomic E-state index is 6.09. The Kier molecular flexibility index (Phi) is 6.69. The number of hydrogen-bond donors (Lipinski definition) is 1. The van der Waals surface area contributed by atoms with Crippen LogP contribution in [0.15, 0.2) is 18.2 Å². The van der Waals surface area contributed by atoms with Crippen LogP contribution in [0, 0.1) is 12.8 Å². The Hall–Kier alpha value is -0.570. The number of rotatable bonds is 7. The van der Waals surface area contributed by atoms with E-state index in [0.717, 1.165) is 30.2 Å². The van der Waals surface area contributed by atoms with Gasteiger partial charge in [0.15, 0.2) is 0 Å². The third-order valence-corrected chi connectivity index (χ3v) is 3.74. The Balaban J connectivity index is 2.85. The highest BCUT2D eigenvalue weighted by molar-refractivity contribution is 6.31. The summed E-state index contributed by atoms with van der Waals surface area (Å²) in [4.78, 5) is 0. The molecule has 2 unspecified atom stereocenters. The van der Waals surface area contributed by atoms with Gasteiger partial charge in [-0.1, -0.05) is 37.6 Å². The molecule has 0 bridgehead atoms. The second kappa shape index (κ2) is 7.78. The lowest BCUT2D eigenvalue weighted by Crippen LogP contribution is -2.27. The summed E-state index contributed by atoms with van der Waals surface area (Å²) in [5.41, 5.74) is 2.44. The number of aryl methyl sites for hydroxylation is 1. The number of methoxy groups -OCH3 is 1. The monoisotopic (exact) mass is 269 g/mol. The van der Waals surface area contributed by atoms with E-state index in [9.17, 15) is 0 Å². The van der Waals surface area contributed by atoms with Crippen molar-refractivity contribution in [3.8, 4) is 0 Å². The Labute approximate surface area is 116 Å². The van der Waals surface area contributed by atoms with E-state index in [1.54, 1.807) is 7.11 Å². The van der Waals surface area contributed by atoms with E-state index in [2.05, 4.69) is 38.2 Å². The summed E-state index contributed by atoms with van der Waals surface area (Å²) in [5.74, 6) is 0.533. The van der Waals surface area contributed by atoms with Crippen LogP contribution in [0.5, 0.6) is 0 Å². The Morgan fingerprint density at radius 3 is 2.67 bits per heavy atom. The molecule has 0 amide bonds. The molecule has 0 aliphatic rings. The summed E-state index contributed by atoms with van der Waals surface area (Å²) in [6.45, 7) is 8.21. The zero-order valence-corrected chi connectivity index (χ0v) is 12.6. The Bertz CT molecular complexity index is 368. The molecule has 18 heavy (non-hydrogen) atoms. The van der Waals surface area contributed by atoms with E-state index in [1.165, 1.54) is 5.56 Å². The lowest BCUT2D eigenvalue weighted by molar-refractivity contribution is 0.170. The number of ether oxygens (including phenoxy) is 1. The van der Waals surface area contributed by atoms with Gasteiger partial charge in [-0.2, -0.15) is 0 Å². The van der Waals surface area contributed by atoms with Gasteiger partial charge in [-0.15, -0.1) is 0 Å². The molecule has 0 aliphatic carbocycles. The molecule has 0 aliphatic heterocycles. The van der Waals surface area contributed by atoms with Crippen molar-refractivity contribution in [3.05, 3.63) is 34.3 Å². The van der Waals surface area contributed by atoms with Gasteiger partial charge in [0, 0.05) is 24.8 Å². The van der Waals surface area contributed by atoms with Crippen LogP contribution in [-0.2, 0) is 4.74 Å². The van der Waals surface area contributed by atoms with Crippen molar-refractivity contribution in [1.29, 1.82) is 0 Å². The molecule has 1 N–H and O–H groups in total. The lowest BCUT2D eigenvalue weighted by atomic mass is 9.91. The van der Waals surface area contributed by atoms with Crippen LogP contribution in [0.1, 0.15) is 37.4 Å². The summed E-state index contributed by atoms with van der Waals surface area (Å²) in [6, 6.07) is 6.64. The molecule has 3 heteroatoms. The summed E-state index contributed by atoms with van der Waals surface area (Å²) in [6.07, 6.45) is 1.05. The Morgan fingerprint density at radius 1 is 1.39 bits per heavy atom. The van der Waals surface area contributed by atoms with Crippen LogP contribution in [0.4, 0.5) is 0 Å². The number of hydrogen-bond acceptors (Lipinski definition) is 2. The molecule has 1 aromatic rings. The van der Waals surface area contributed by atoms with Crippen LogP contribution in [-0.4, -0.2) is 20.3 Å². The standard InChI is InChI=1S/C15H24ClNO/c1-5-17-15(11(2)8-9-18-4)13-6-7-14(16)12(3)10-13/h6-7,10-11,15,17H,5,8-9H2,1-4H3. The van der Waals surface area contributed by atoms with Crippen molar-refractivity contribution in [1.82, 2.24) is 5.32 Å². The summed E-state index contributed by atoms with van der Waals surface area (Å²) in [5, 5.41) is 4.39. The smallest absolute Gasteiger partial charge is 0.0465 e. The zero-order valence-electron chi connectivity index (χ0n) is 11.8. The van der Waals surface area contributed by atoms with Gasteiger partial charge < -0.3 is 10.1 Å². The molecule has 0 spiro atoms.